The highest BCUT2D eigenvalue weighted by molar-refractivity contribution is 5.82. The van der Waals surface area contributed by atoms with Crippen molar-refractivity contribution < 1.29 is 18.7 Å². The zero-order valence-corrected chi connectivity index (χ0v) is 10.3. The Hall–Kier alpha value is -1.53. The van der Waals surface area contributed by atoms with Crippen LogP contribution in [0.15, 0.2) is 30.3 Å². The number of aliphatic hydroxyl groups is 1. The van der Waals surface area contributed by atoms with E-state index in [-0.39, 0.29) is 6.54 Å². The first-order valence-corrected chi connectivity index (χ1v) is 6.10. The Kier molecular flexibility index (Phi) is 4.11. The fraction of sp³-hybridized carbons (Fsp3) is 0.462. The van der Waals surface area contributed by atoms with Crippen molar-refractivity contribution in [2.45, 2.75) is 24.5 Å². The topological polar surface area (TPSA) is 61.4 Å². The van der Waals surface area contributed by atoms with E-state index >= 15 is 0 Å². The van der Waals surface area contributed by atoms with Gasteiger partial charge < -0.3 is 10.4 Å². The molecule has 2 unspecified atom stereocenters. The quantitative estimate of drug-likeness (QED) is 0.759. The second kappa shape index (κ2) is 5.63. The molecule has 0 aliphatic carbocycles. The number of nitrogens with one attached hydrogen (secondary N) is 2. The average Bonchev–Trinajstić information content (AvgIpc) is 2.77. The molecule has 1 heterocycles. The minimum Gasteiger partial charge on any atom is -0.387 e. The molecule has 4 nitrogen and oxygen atoms in total. The number of benzene rings is 1. The number of aliphatic hydroxyl groups excluding tert-OH is 1. The number of amides is 1. The fourth-order valence-electron chi connectivity index (χ4n) is 2.01. The molecule has 1 aromatic rings. The first-order valence-electron chi connectivity index (χ1n) is 6.10. The molecule has 1 amide bonds. The third-order valence-corrected chi connectivity index (χ3v) is 3.08. The van der Waals surface area contributed by atoms with Gasteiger partial charge in [-0.05, 0) is 5.56 Å². The third kappa shape index (κ3) is 3.71. The fourth-order valence-corrected chi connectivity index (χ4v) is 2.01. The van der Waals surface area contributed by atoms with Crippen molar-refractivity contribution in [1.29, 1.82) is 0 Å². The summed E-state index contributed by atoms with van der Waals surface area (Å²) in [5, 5.41) is 14.8. The summed E-state index contributed by atoms with van der Waals surface area (Å²) in [5.41, 5.74) is 0.674. The van der Waals surface area contributed by atoms with Crippen LogP contribution in [0.25, 0.3) is 0 Å². The van der Waals surface area contributed by atoms with Crippen molar-refractivity contribution >= 4 is 5.91 Å². The summed E-state index contributed by atoms with van der Waals surface area (Å²) < 4.78 is 25.9. The number of carbonyl (C=O) groups excluding carboxylic acids is 1. The molecule has 1 aliphatic rings. The molecule has 2 rings (SSSR count). The van der Waals surface area contributed by atoms with Crippen molar-refractivity contribution in [3.8, 4) is 0 Å². The number of carbonyl (C=O) groups is 1. The molecule has 0 saturated carbocycles. The standard InChI is InChI=1S/C13H16F2N2O2/c14-13(15)6-10(17-8-13)12(19)16-7-11(18)9-4-2-1-3-5-9/h1-5,10-11,17-18H,6-8H2,(H,16,19). The molecule has 0 bridgehead atoms. The van der Waals surface area contributed by atoms with E-state index < -0.39 is 36.9 Å². The smallest absolute Gasteiger partial charge is 0.262 e. The number of hydrogen-bond donors (Lipinski definition) is 3. The molecule has 1 fully saturated rings. The van der Waals surface area contributed by atoms with Gasteiger partial charge in [-0.2, -0.15) is 0 Å². The monoisotopic (exact) mass is 270 g/mol. The molecule has 1 saturated heterocycles. The Bertz CT molecular complexity index is 440. The number of alkyl halides is 2. The minimum absolute atomic E-state index is 0.00655. The second-order valence-corrected chi connectivity index (χ2v) is 4.67. The maximum atomic E-state index is 12.9. The maximum absolute atomic E-state index is 12.9. The predicted molar refractivity (Wildman–Crippen MR) is 65.8 cm³/mol. The van der Waals surface area contributed by atoms with Crippen molar-refractivity contribution in [2.75, 3.05) is 13.1 Å². The lowest BCUT2D eigenvalue weighted by Gasteiger charge is -2.15. The molecular weight excluding hydrogens is 254 g/mol. The summed E-state index contributed by atoms with van der Waals surface area (Å²) in [6.45, 7) is -0.473. The van der Waals surface area contributed by atoms with Gasteiger partial charge in [0.25, 0.3) is 5.92 Å². The Balaban J connectivity index is 1.81. The van der Waals surface area contributed by atoms with Crippen LogP contribution in [-0.4, -0.2) is 36.1 Å². The van der Waals surface area contributed by atoms with E-state index in [0.717, 1.165) is 0 Å². The highest BCUT2D eigenvalue weighted by atomic mass is 19.3. The highest BCUT2D eigenvalue weighted by Gasteiger charge is 2.42. The van der Waals surface area contributed by atoms with Gasteiger partial charge in [0.05, 0.1) is 18.7 Å². The van der Waals surface area contributed by atoms with Crippen molar-refractivity contribution in [1.82, 2.24) is 10.6 Å². The van der Waals surface area contributed by atoms with Gasteiger partial charge >= 0.3 is 0 Å². The Morgan fingerprint density at radius 1 is 1.47 bits per heavy atom. The molecule has 19 heavy (non-hydrogen) atoms. The van der Waals surface area contributed by atoms with Gasteiger partial charge in [0.1, 0.15) is 0 Å². The summed E-state index contributed by atoms with van der Waals surface area (Å²) in [5.74, 6) is -3.34. The summed E-state index contributed by atoms with van der Waals surface area (Å²) in [6.07, 6.45) is -1.34. The number of halogens is 2. The molecule has 0 radical (unpaired) electrons. The molecule has 104 valence electrons. The van der Waals surface area contributed by atoms with Gasteiger partial charge in [-0.3, -0.25) is 10.1 Å². The molecule has 0 spiro atoms. The molecule has 1 aromatic carbocycles. The molecule has 6 heteroatoms. The molecule has 3 N–H and O–H groups in total. The summed E-state index contributed by atoms with van der Waals surface area (Å²) in [6, 6.07) is 7.95. The normalized spacial score (nSPS) is 23.0. The van der Waals surface area contributed by atoms with Crippen LogP contribution in [-0.2, 0) is 4.79 Å². The predicted octanol–water partition coefficient (Wildman–Crippen LogP) is 0.833. The zero-order chi connectivity index (χ0) is 13.9. The lowest BCUT2D eigenvalue weighted by molar-refractivity contribution is -0.123. The van der Waals surface area contributed by atoms with E-state index in [1.54, 1.807) is 24.3 Å². The van der Waals surface area contributed by atoms with E-state index in [1.807, 2.05) is 6.07 Å². The Morgan fingerprint density at radius 2 is 2.16 bits per heavy atom. The van der Waals surface area contributed by atoms with Crippen molar-refractivity contribution in [2.24, 2.45) is 0 Å². The Labute approximate surface area is 109 Å². The number of rotatable bonds is 4. The SMILES string of the molecule is O=C(NCC(O)c1ccccc1)C1CC(F)(F)CN1. The zero-order valence-electron chi connectivity index (χ0n) is 10.3. The highest BCUT2D eigenvalue weighted by Crippen LogP contribution is 2.25. The summed E-state index contributed by atoms with van der Waals surface area (Å²) in [4.78, 5) is 11.7. The van der Waals surface area contributed by atoms with E-state index in [0.29, 0.717) is 5.56 Å². The Morgan fingerprint density at radius 3 is 2.74 bits per heavy atom. The molecule has 0 aromatic heterocycles. The first-order chi connectivity index (χ1) is 8.98. The van der Waals surface area contributed by atoms with Crippen LogP contribution in [0, 0.1) is 0 Å². The second-order valence-electron chi connectivity index (χ2n) is 4.67. The van der Waals surface area contributed by atoms with E-state index in [9.17, 15) is 18.7 Å². The van der Waals surface area contributed by atoms with Crippen molar-refractivity contribution in [3.63, 3.8) is 0 Å². The van der Waals surface area contributed by atoms with Gasteiger partial charge in [0.15, 0.2) is 0 Å². The summed E-state index contributed by atoms with van der Waals surface area (Å²) in [7, 11) is 0. The number of hydrogen-bond acceptors (Lipinski definition) is 3. The molecule has 2 atom stereocenters. The van der Waals surface area contributed by atoms with E-state index in [4.69, 9.17) is 0 Å². The van der Waals surface area contributed by atoms with Gasteiger partial charge in [-0.25, -0.2) is 8.78 Å². The van der Waals surface area contributed by atoms with Crippen LogP contribution >= 0.6 is 0 Å². The van der Waals surface area contributed by atoms with Crippen LogP contribution in [0.3, 0.4) is 0 Å². The third-order valence-electron chi connectivity index (χ3n) is 3.08. The van der Waals surface area contributed by atoms with Gasteiger partial charge in [0.2, 0.25) is 5.91 Å². The average molecular weight is 270 g/mol. The van der Waals surface area contributed by atoms with Crippen molar-refractivity contribution in [3.05, 3.63) is 35.9 Å². The van der Waals surface area contributed by atoms with Gasteiger partial charge in [0, 0.05) is 13.0 Å². The maximum Gasteiger partial charge on any atom is 0.262 e. The molecule has 1 aliphatic heterocycles. The summed E-state index contributed by atoms with van der Waals surface area (Å²) >= 11 is 0. The van der Waals surface area contributed by atoms with Crippen LogP contribution in [0.5, 0.6) is 0 Å². The van der Waals surface area contributed by atoms with Crippen LogP contribution in [0.2, 0.25) is 0 Å². The van der Waals surface area contributed by atoms with Crippen LogP contribution in [0.1, 0.15) is 18.1 Å². The van der Waals surface area contributed by atoms with E-state index in [1.165, 1.54) is 0 Å². The minimum atomic E-state index is -2.83. The molecular formula is C13H16F2N2O2. The lowest BCUT2D eigenvalue weighted by atomic mass is 10.1. The van der Waals surface area contributed by atoms with Crippen LogP contribution in [0.4, 0.5) is 8.78 Å². The van der Waals surface area contributed by atoms with Crippen LogP contribution < -0.4 is 10.6 Å². The first kappa shape index (κ1) is 13.9. The van der Waals surface area contributed by atoms with E-state index in [2.05, 4.69) is 10.6 Å². The van der Waals surface area contributed by atoms with Gasteiger partial charge in [-0.15, -0.1) is 0 Å². The lowest BCUT2D eigenvalue weighted by Crippen LogP contribution is -2.41. The van der Waals surface area contributed by atoms with Gasteiger partial charge in [-0.1, -0.05) is 30.3 Å². The largest absolute Gasteiger partial charge is 0.387 e.